The summed E-state index contributed by atoms with van der Waals surface area (Å²) >= 11 is 0. The number of hydrogen-bond donors (Lipinski definition) is 1. The number of hydrogen-bond acceptors (Lipinski definition) is 4. The zero-order valence-corrected chi connectivity index (χ0v) is 17.6. The Kier molecular flexibility index (Phi) is 6.61. The fourth-order valence-corrected chi connectivity index (χ4v) is 4.65. The number of piperidine rings is 1. The topological polar surface area (TPSA) is 58.4 Å². The highest BCUT2D eigenvalue weighted by Crippen LogP contribution is 2.43. The zero-order chi connectivity index (χ0) is 19.4. The van der Waals surface area contributed by atoms with Gasteiger partial charge in [0.25, 0.3) is 0 Å². The maximum Gasteiger partial charge on any atom is 0.220 e. The number of carbonyl (C=O) groups excluding carboxylic acids is 1. The van der Waals surface area contributed by atoms with Crippen LogP contribution in [0.1, 0.15) is 70.8 Å². The molecular formula is C22H37N3O2. The Morgan fingerprint density at radius 2 is 2.00 bits per heavy atom. The number of nitrogens with one attached hydrogen (secondary N) is 1. The van der Waals surface area contributed by atoms with Gasteiger partial charge in [-0.1, -0.05) is 45.2 Å². The lowest BCUT2D eigenvalue weighted by Gasteiger charge is -2.45. The number of likely N-dealkylation sites (tertiary alicyclic amines) is 1. The molecule has 1 saturated carbocycles. The Balaban J connectivity index is 1.38. The van der Waals surface area contributed by atoms with Crippen LogP contribution in [0.5, 0.6) is 0 Å². The van der Waals surface area contributed by atoms with Crippen molar-refractivity contribution in [1.29, 1.82) is 0 Å². The number of nitrogens with zero attached hydrogens (tertiary/aromatic N) is 2. The molecule has 0 bridgehead atoms. The summed E-state index contributed by atoms with van der Waals surface area (Å²) in [6.07, 6.45) is 7.17. The van der Waals surface area contributed by atoms with Crippen LogP contribution in [-0.2, 0) is 11.3 Å². The van der Waals surface area contributed by atoms with E-state index in [1.165, 1.54) is 25.8 Å². The lowest BCUT2D eigenvalue weighted by Crippen LogP contribution is -2.44. The molecular weight excluding hydrogens is 338 g/mol. The van der Waals surface area contributed by atoms with Crippen LogP contribution < -0.4 is 5.32 Å². The Morgan fingerprint density at radius 1 is 1.30 bits per heavy atom. The van der Waals surface area contributed by atoms with Crippen molar-refractivity contribution in [3.8, 4) is 0 Å². The van der Waals surface area contributed by atoms with Crippen molar-refractivity contribution in [3.05, 3.63) is 17.5 Å². The number of amides is 1. The Hall–Kier alpha value is -1.36. The van der Waals surface area contributed by atoms with E-state index in [2.05, 4.69) is 36.1 Å². The van der Waals surface area contributed by atoms with Gasteiger partial charge >= 0.3 is 0 Å². The molecule has 0 aromatic carbocycles. The summed E-state index contributed by atoms with van der Waals surface area (Å²) in [6, 6.07) is 1.87. The molecule has 2 fully saturated rings. The molecule has 5 heteroatoms. The first-order valence-corrected chi connectivity index (χ1v) is 10.7. The van der Waals surface area contributed by atoms with E-state index in [0.29, 0.717) is 24.3 Å². The minimum absolute atomic E-state index is 0.135. The highest BCUT2D eigenvalue weighted by molar-refractivity contribution is 5.76. The Morgan fingerprint density at radius 3 is 2.52 bits per heavy atom. The quantitative estimate of drug-likeness (QED) is 0.777. The van der Waals surface area contributed by atoms with Crippen LogP contribution in [0.2, 0.25) is 0 Å². The van der Waals surface area contributed by atoms with Gasteiger partial charge in [0, 0.05) is 19.0 Å². The number of rotatable bonds is 7. The molecule has 1 aliphatic carbocycles. The highest BCUT2D eigenvalue weighted by Gasteiger charge is 2.37. The fraction of sp³-hybridized carbons (Fsp3) is 0.818. The van der Waals surface area contributed by atoms with Crippen molar-refractivity contribution in [2.75, 3.05) is 19.6 Å². The molecule has 5 nitrogen and oxygen atoms in total. The number of carbonyl (C=O) groups is 1. The molecule has 0 spiro atoms. The van der Waals surface area contributed by atoms with Crippen molar-refractivity contribution < 1.29 is 9.32 Å². The van der Waals surface area contributed by atoms with E-state index < -0.39 is 0 Å². The van der Waals surface area contributed by atoms with Crippen LogP contribution in [0.4, 0.5) is 0 Å². The SMILES string of the molecule is Cc1cc(CNC(=O)CC2CCN(CC(C3CCC3)C(C)(C)C)CC2)no1. The summed E-state index contributed by atoms with van der Waals surface area (Å²) in [4.78, 5) is 14.9. The summed E-state index contributed by atoms with van der Waals surface area (Å²) in [6.45, 7) is 13.1. The minimum atomic E-state index is 0.135. The monoisotopic (exact) mass is 375 g/mol. The molecule has 27 heavy (non-hydrogen) atoms. The third kappa shape index (κ3) is 5.81. The molecule has 2 heterocycles. The van der Waals surface area contributed by atoms with Gasteiger partial charge in [-0.2, -0.15) is 0 Å². The summed E-state index contributed by atoms with van der Waals surface area (Å²) in [5.41, 5.74) is 1.18. The smallest absolute Gasteiger partial charge is 0.220 e. The van der Waals surface area contributed by atoms with Crippen LogP contribution in [0, 0.1) is 30.1 Å². The summed E-state index contributed by atoms with van der Waals surface area (Å²) in [7, 11) is 0. The van der Waals surface area contributed by atoms with Crippen molar-refractivity contribution in [2.45, 2.75) is 72.8 Å². The summed E-state index contributed by atoms with van der Waals surface area (Å²) in [5, 5.41) is 6.90. The summed E-state index contributed by atoms with van der Waals surface area (Å²) in [5.74, 6) is 3.15. The second-order valence-electron chi connectivity index (χ2n) is 9.82. The van der Waals surface area contributed by atoms with Crippen molar-refractivity contribution >= 4 is 5.91 Å². The molecule has 152 valence electrons. The van der Waals surface area contributed by atoms with E-state index in [1.54, 1.807) is 0 Å². The lowest BCUT2D eigenvalue weighted by atomic mass is 9.65. The van der Waals surface area contributed by atoms with Gasteiger partial charge < -0.3 is 14.7 Å². The molecule has 1 aliphatic heterocycles. The predicted molar refractivity (Wildman–Crippen MR) is 107 cm³/mol. The van der Waals surface area contributed by atoms with Crippen molar-refractivity contribution in [1.82, 2.24) is 15.4 Å². The maximum atomic E-state index is 12.2. The van der Waals surface area contributed by atoms with Gasteiger partial charge in [0.05, 0.1) is 6.54 Å². The third-order valence-electron chi connectivity index (χ3n) is 6.61. The average Bonchev–Trinajstić information content (AvgIpc) is 2.97. The van der Waals surface area contributed by atoms with Gasteiger partial charge in [-0.15, -0.1) is 0 Å². The van der Waals surface area contributed by atoms with Crippen LogP contribution in [0.25, 0.3) is 0 Å². The molecule has 2 aliphatic rings. The first kappa shape index (κ1) is 20.4. The Labute approximate surface area is 164 Å². The van der Waals surface area contributed by atoms with Gasteiger partial charge in [0.1, 0.15) is 11.5 Å². The Bertz CT molecular complexity index is 607. The molecule has 1 N–H and O–H groups in total. The predicted octanol–water partition coefficient (Wildman–Crippen LogP) is 4.16. The molecule has 3 rings (SSSR count). The lowest BCUT2D eigenvalue weighted by molar-refractivity contribution is -0.122. The van der Waals surface area contributed by atoms with Crippen molar-refractivity contribution in [3.63, 3.8) is 0 Å². The van der Waals surface area contributed by atoms with Gasteiger partial charge in [0.2, 0.25) is 5.91 Å². The first-order chi connectivity index (χ1) is 12.8. The van der Waals surface area contributed by atoms with E-state index in [4.69, 9.17) is 4.52 Å². The zero-order valence-electron chi connectivity index (χ0n) is 17.6. The molecule has 1 amide bonds. The third-order valence-corrected chi connectivity index (χ3v) is 6.61. The fourth-order valence-electron chi connectivity index (χ4n) is 4.65. The van der Waals surface area contributed by atoms with E-state index in [9.17, 15) is 4.79 Å². The average molecular weight is 376 g/mol. The maximum absolute atomic E-state index is 12.2. The molecule has 1 saturated heterocycles. The molecule has 1 unspecified atom stereocenters. The van der Waals surface area contributed by atoms with Gasteiger partial charge in [-0.25, -0.2) is 0 Å². The number of aromatic nitrogens is 1. The first-order valence-electron chi connectivity index (χ1n) is 10.7. The minimum Gasteiger partial charge on any atom is -0.361 e. The van der Waals surface area contributed by atoms with Crippen LogP contribution in [0.3, 0.4) is 0 Å². The van der Waals surface area contributed by atoms with Crippen LogP contribution in [0.15, 0.2) is 10.6 Å². The molecule has 1 atom stereocenters. The van der Waals surface area contributed by atoms with E-state index in [-0.39, 0.29) is 5.91 Å². The van der Waals surface area contributed by atoms with Crippen LogP contribution in [-0.4, -0.2) is 35.6 Å². The second kappa shape index (κ2) is 8.76. The van der Waals surface area contributed by atoms with E-state index in [0.717, 1.165) is 49.2 Å². The molecule has 1 aromatic heterocycles. The highest BCUT2D eigenvalue weighted by atomic mass is 16.5. The molecule has 1 aromatic rings. The summed E-state index contributed by atoms with van der Waals surface area (Å²) < 4.78 is 5.04. The van der Waals surface area contributed by atoms with E-state index in [1.807, 2.05) is 13.0 Å². The van der Waals surface area contributed by atoms with Gasteiger partial charge in [-0.3, -0.25) is 4.79 Å². The van der Waals surface area contributed by atoms with Gasteiger partial charge in [-0.05, 0) is 56.0 Å². The number of aryl methyl sites for hydroxylation is 1. The normalized spacial score (nSPS) is 21.0. The standard InChI is InChI=1S/C22H37N3O2/c1-16-12-19(24-27-16)14-23-21(26)13-17-8-10-25(11-9-17)15-20(22(2,3)4)18-6-5-7-18/h12,17-18,20H,5-11,13-15H2,1-4H3,(H,23,26). The second-order valence-corrected chi connectivity index (χ2v) is 9.82. The van der Waals surface area contributed by atoms with Crippen molar-refractivity contribution in [2.24, 2.45) is 23.2 Å². The van der Waals surface area contributed by atoms with E-state index >= 15 is 0 Å². The largest absolute Gasteiger partial charge is 0.361 e. The van der Waals surface area contributed by atoms with Crippen LogP contribution >= 0.6 is 0 Å². The van der Waals surface area contributed by atoms with Gasteiger partial charge in [0.15, 0.2) is 0 Å². The molecule has 0 radical (unpaired) electrons.